The molecule has 0 saturated carbocycles. The highest BCUT2D eigenvalue weighted by Crippen LogP contribution is 2.28. The second kappa shape index (κ2) is 10.9. The second-order valence-corrected chi connectivity index (χ2v) is 6.66. The van der Waals surface area contributed by atoms with Gasteiger partial charge in [-0.2, -0.15) is 5.10 Å². The zero-order chi connectivity index (χ0) is 21.2. The molecule has 0 aliphatic rings. The number of nitrogens with one attached hydrogen (secondary N) is 1. The van der Waals surface area contributed by atoms with E-state index in [2.05, 4.69) is 10.5 Å². The minimum atomic E-state index is -0.379. The van der Waals surface area contributed by atoms with Crippen LogP contribution >= 0.6 is 11.6 Å². The zero-order valence-corrected chi connectivity index (χ0v) is 17.1. The number of benzene rings is 3. The summed E-state index contributed by atoms with van der Waals surface area (Å²) in [7, 11) is 1.57. The summed E-state index contributed by atoms with van der Waals surface area (Å²) in [4.78, 5) is 11.9. The van der Waals surface area contributed by atoms with E-state index in [0.717, 1.165) is 11.1 Å². The van der Waals surface area contributed by atoms with Gasteiger partial charge in [0.25, 0.3) is 5.91 Å². The Morgan fingerprint density at radius 2 is 1.77 bits per heavy atom. The molecule has 0 spiro atoms. The van der Waals surface area contributed by atoms with E-state index in [-0.39, 0.29) is 12.5 Å². The van der Waals surface area contributed by atoms with Crippen LogP contribution in [0.5, 0.6) is 17.2 Å². The van der Waals surface area contributed by atoms with E-state index in [1.54, 1.807) is 43.5 Å². The van der Waals surface area contributed by atoms with Crippen LogP contribution in [0.2, 0.25) is 5.02 Å². The topological polar surface area (TPSA) is 69.2 Å². The van der Waals surface area contributed by atoms with Crippen LogP contribution in [0, 0.1) is 0 Å². The predicted molar refractivity (Wildman–Crippen MR) is 116 cm³/mol. The number of rotatable bonds is 9. The summed E-state index contributed by atoms with van der Waals surface area (Å²) >= 11 is 5.81. The number of methoxy groups -OCH3 is 1. The van der Waals surface area contributed by atoms with E-state index in [1.165, 1.54) is 6.21 Å². The van der Waals surface area contributed by atoms with E-state index in [0.29, 0.717) is 28.9 Å². The number of hydrogen-bond donors (Lipinski definition) is 1. The van der Waals surface area contributed by atoms with Gasteiger partial charge in [0, 0.05) is 5.02 Å². The fourth-order valence-corrected chi connectivity index (χ4v) is 2.64. The lowest BCUT2D eigenvalue weighted by atomic mass is 10.2. The van der Waals surface area contributed by atoms with Crippen LogP contribution in [0.1, 0.15) is 11.1 Å². The van der Waals surface area contributed by atoms with Gasteiger partial charge in [-0.25, -0.2) is 5.43 Å². The Hall–Kier alpha value is -3.51. The van der Waals surface area contributed by atoms with Crippen LogP contribution in [0.15, 0.2) is 77.9 Å². The molecule has 154 valence electrons. The Bertz CT molecular complexity index is 992. The first-order chi connectivity index (χ1) is 14.6. The molecule has 0 heterocycles. The van der Waals surface area contributed by atoms with Gasteiger partial charge in [0.05, 0.1) is 13.3 Å². The lowest BCUT2D eigenvalue weighted by Crippen LogP contribution is -2.24. The summed E-state index contributed by atoms with van der Waals surface area (Å²) in [5.41, 5.74) is 4.23. The van der Waals surface area contributed by atoms with Crippen molar-refractivity contribution in [2.45, 2.75) is 6.61 Å². The van der Waals surface area contributed by atoms with Crippen molar-refractivity contribution in [2.75, 3.05) is 13.7 Å². The summed E-state index contributed by atoms with van der Waals surface area (Å²) in [5.74, 6) is 1.37. The minimum Gasteiger partial charge on any atom is -0.493 e. The minimum absolute atomic E-state index is 0.158. The molecule has 0 bridgehead atoms. The summed E-state index contributed by atoms with van der Waals surface area (Å²) in [6.45, 7) is 0.281. The molecule has 0 saturated heterocycles. The van der Waals surface area contributed by atoms with Crippen LogP contribution in [0.25, 0.3) is 0 Å². The van der Waals surface area contributed by atoms with Gasteiger partial charge in [-0.3, -0.25) is 4.79 Å². The number of hydrogen-bond acceptors (Lipinski definition) is 5. The molecular weight excluding hydrogens is 404 g/mol. The zero-order valence-electron chi connectivity index (χ0n) is 16.4. The maximum atomic E-state index is 11.9. The molecule has 3 aromatic rings. The van der Waals surface area contributed by atoms with Crippen LogP contribution in [-0.2, 0) is 11.4 Å². The number of hydrazone groups is 1. The van der Waals surface area contributed by atoms with Crippen molar-refractivity contribution in [1.82, 2.24) is 5.43 Å². The highest BCUT2D eigenvalue weighted by Gasteiger charge is 2.06. The normalized spacial score (nSPS) is 10.6. The maximum Gasteiger partial charge on any atom is 0.277 e. The van der Waals surface area contributed by atoms with E-state index < -0.39 is 0 Å². The van der Waals surface area contributed by atoms with Crippen LogP contribution in [-0.4, -0.2) is 25.8 Å². The Morgan fingerprint density at radius 1 is 1.00 bits per heavy atom. The Morgan fingerprint density at radius 3 is 2.50 bits per heavy atom. The molecule has 6 nitrogen and oxygen atoms in total. The molecule has 7 heteroatoms. The van der Waals surface area contributed by atoms with E-state index in [9.17, 15) is 4.79 Å². The highest BCUT2D eigenvalue weighted by molar-refractivity contribution is 6.30. The van der Waals surface area contributed by atoms with Crippen molar-refractivity contribution in [2.24, 2.45) is 5.10 Å². The molecular formula is C23H21ClN2O4. The first kappa shape index (κ1) is 21.2. The van der Waals surface area contributed by atoms with Gasteiger partial charge in [0.2, 0.25) is 0 Å². The number of carbonyl (C=O) groups excluding carboxylic acids is 1. The quantitative estimate of drug-likeness (QED) is 0.407. The van der Waals surface area contributed by atoms with Crippen LogP contribution in [0.3, 0.4) is 0 Å². The SMILES string of the molecule is COc1cc(/C=N\NC(=O)COc2ccc(Cl)cc2)ccc1OCc1ccccc1. The standard InChI is InChI=1S/C23H21ClN2O4/c1-28-22-13-18(7-12-21(22)30-15-17-5-3-2-4-6-17)14-25-26-23(27)16-29-20-10-8-19(24)9-11-20/h2-14H,15-16H2,1H3,(H,26,27)/b25-14-. The molecule has 0 radical (unpaired) electrons. The van der Waals surface area contributed by atoms with Crippen molar-refractivity contribution < 1.29 is 19.0 Å². The molecule has 0 aliphatic carbocycles. The maximum absolute atomic E-state index is 11.9. The van der Waals surface area contributed by atoms with Crippen molar-refractivity contribution in [3.63, 3.8) is 0 Å². The van der Waals surface area contributed by atoms with E-state index in [4.69, 9.17) is 25.8 Å². The number of carbonyl (C=O) groups is 1. The summed E-state index contributed by atoms with van der Waals surface area (Å²) < 4.78 is 16.6. The average Bonchev–Trinajstić information content (AvgIpc) is 2.78. The third-order valence-electron chi connectivity index (χ3n) is 4.01. The first-order valence-electron chi connectivity index (χ1n) is 9.19. The summed E-state index contributed by atoms with van der Waals surface area (Å²) in [6, 6.07) is 22.0. The number of halogens is 1. The average molecular weight is 425 g/mol. The molecule has 0 aromatic heterocycles. The molecule has 0 atom stereocenters. The van der Waals surface area contributed by atoms with Crippen LogP contribution in [0.4, 0.5) is 0 Å². The number of nitrogens with zero attached hydrogens (tertiary/aromatic N) is 1. The van der Waals surface area contributed by atoms with Crippen molar-refractivity contribution >= 4 is 23.7 Å². The number of ether oxygens (including phenoxy) is 3. The molecule has 3 aromatic carbocycles. The van der Waals surface area contributed by atoms with Gasteiger partial charge in [-0.05, 0) is 53.6 Å². The Kier molecular flexibility index (Phi) is 7.69. The fraction of sp³-hybridized carbons (Fsp3) is 0.130. The lowest BCUT2D eigenvalue weighted by Gasteiger charge is -2.11. The van der Waals surface area contributed by atoms with Gasteiger partial charge in [-0.1, -0.05) is 41.9 Å². The first-order valence-corrected chi connectivity index (χ1v) is 9.57. The molecule has 0 aliphatic heterocycles. The summed E-state index contributed by atoms with van der Waals surface area (Å²) in [6.07, 6.45) is 1.52. The largest absolute Gasteiger partial charge is 0.493 e. The van der Waals surface area contributed by atoms with E-state index in [1.807, 2.05) is 36.4 Å². The smallest absolute Gasteiger partial charge is 0.277 e. The summed E-state index contributed by atoms with van der Waals surface area (Å²) in [5, 5.41) is 4.54. The fourth-order valence-electron chi connectivity index (χ4n) is 2.51. The van der Waals surface area contributed by atoms with Crippen molar-refractivity contribution in [1.29, 1.82) is 0 Å². The van der Waals surface area contributed by atoms with Crippen LogP contribution < -0.4 is 19.6 Å². The highest BCUT2D eigenvalue weighted by atomic mass is 35.5. The van der Waals surface area contributed by atoms with Gasteiger partial charge in [0.15, 0.2) is 18.1 Å². The predicted octanol–water partition coefficient (Wildman–Crippen LogP) is 4.46. The molecule has 1 N–H and O–H groups in total. The van der Waals surface area contributed by atoms with Crippen molar-refractivity contribution in [3.05, 3.63) is 88.9 Å². The molecule has 1 amide bonds. The van der Waals surface area contributed by atoms with E-state index >= 15 is 0 Å². The third-order valence-corrected chi connectivity index (χ3v) is 4.26. The third kappa shape index (κ3) is 6.53. The van der Waals surface area contributed by atoms with Gasteiger partial charge >= 0.3 is 0 Å². The Balaban J connectivity index is 1.50. The number of amides is 1. The molecule has 30 heavy (non-hydrogen) atoms. The lowest BCUT2D eigenvalue weighted by molar-refractivity contribution is -0.123. The van der Waals surface area contributed by atoms with Crippen molar-refractivity contribution in [3.8, 4) is 17.2 Å². The second-order valence-electron chi connectivity index (χ2n) is 6.22. The van der Waals surface area contributed by atoms with Gasteiger partial charge < -0.3 is 14.2 Å². The molecule has 0 unspecified atom stereocenters. The van der Waals surface area contributed by atoms with Gasteiger partial charge in [0.1, 0.15) is 12.4 Å². The Labute approximate surface area is 180 Å². The molecule has 3 rings (SSSR count). The monoisotopic (exact) mass is 424 g/mol. The van der Waals surface area contributed by atoms with Gasteiger partial charge in [-0.15, -0.1) is 0 Å². The molecule has 0 fully saturated rings.